The molecule has 0 spiro atoms. The molecule has 1 aliphatic rings. The second-order valence-electron chi connectivity index (χ2n) is 5.81. The number of fused-ring (bicyclic) bond motifs is 1. The number of amides is 1. The molecule has 0 saturated carbocycles. The van der Waals surface area contributed by atoms with E-state index in [1.54, 1.807) is 17.7 Å². The Morgan fingerprint density at radius 3 is 2.68 bits per heavy atom. The largest absolute Gasteiger partial charge is 0.368 e. The zero-order valence-electron chi connectivity index (χ0n) is 13.7. The van der Waals surface area contributed by atoms with Crippen molar-refractivity contribution in [2.45, 2.75) is 5.03 Å². The minimum Gasteiger partial charge on any atom is -0.368 e. The van der Waals surface area contributed by atoms with Gasteiger partial charge >= 0.3 is 0 Å². The summed E-state index contributed by atoms with van der Waals surface area (Å²) in [4.78, 5) is 26.4. The molecule has 4 rings (SSSR count). The first-order valence-electron chi connectivity index (χ1n) is 8.20. The lowest BCUT2D eigenvalue weighted by Gasteiger charge is -2.36. The Morgan fingerprint density at radius 2 is 1.88 bits per heavy atom. The Hall–Kier alpha value is -2.12. The van der Waals surface area contributed by atoms with Crippen LogP contribution in [0, 0.1) is 0 Å². The average Bonchev–Trinajstić information content (AvgIpc) is 3.16. The standard InChI is InChI=1S/C18H18N4OS2/c23-16(12-25-18-15-6-11-24-17(15)19-13-20-18)22-9-7-21(8-10-22)14-4-2-1-3-5-14/h1-6,11,13H,7-10,12H2. The van der Waals surface area contributed by atoms with E-state index in [0.717, 1.165) is 41.4 Å². The van der Waals surface area contributed by atoms with Crippen molar-refractivity contribution in [3.63, 3.8) is 0 Å². The number of piperazine rings is 1. The number of carbonyl (C=O) groups excluding carboxylic acids is 1. The molecule has 5 nitrogen and oxygen atoms in total. The van der Waals surface area contributed by atoms with Gasteiger partial charge in [0.15, 0.2) is 0 Å². The molecule has 1 aromatic carbocycles. The van der Waals surface area contributed by atoms with Gasteiger partial charge in [-0.25, -0.2) is 9.97 Å². The van der Waals surface area contributed by atoms with Gasteiger partial charge in [0.25, 0.3) is 0 Å². The van der Waals surface area contributed by atoms with Crippen molar-refractivity contribution in [2.75, 3.05) is 36.8 Å². The number of para-hydroxylation sites is 1. The molecule has 3 heterocycles. The van der Waals surface area contributed by atoms with Gasteiger partial charge < -0.3 is 9.80 Å². The molecule has 0 atom stereocenters. The highest BCUT2D eigenvalue weighted by molar-refractivity contribution is 8.00. The summed E-state index contributed by atoms with van der Waals surface area (Å²) in [5, 5.41) is 3.94. The molecule has 0 bridgehead atoms. The summed E-state index contributed by atoms with van der Waals surface area (Å²) in [6, 6.07) is 12.4. The lowest BCUT2D eigenvalue weighted by atomic mass is 10.2. The van der Waals surface area contributed by atoms with E-state index in [1.165, 1.54) is 17.4 Å². The zero-order valence-corrected chi connectivity index (χ0v) is 15.3. The Labute approximate surface area is 154 Å². The molecule has 0 radical (unpaired) electrons. The zero-order chi connectivity index (χ0) is 17.1. The monoisotopic (exact) mass is 370 g/mol. The number of anilines is 1. The Bertz CT molecular complexity index is 860. The van der Waals surface area contributed by atoms with Crippen LogP contribution in [-0.4, -0.2) is 52.7 Å². The fourth-order valence-electron chi connectivity index (χ4n) is 2.96. The Morgan fingerprint density at radius 1 is 1.08 bits per heavy atom. The first-order valence-corrected chi connectivity index (χ1v) is 10.1. The normalized spacial score (nSPS) is 14.9. The number of benzene rings is 1. The molecule has 2 aromatic heterocycles. The van der Waals surface area contributed by atoms with Crippen LogP contribution in [-0.2, 0) is 4.79 Å². The lowest BCUT2D eigenvalue weighted by Crippen LogP contribution is -2.49. The van der Waals surface area contributed by atoms with Crippen LogP contribution in [0.2, 0.25) is 0 Å². The molecule has 128 valence electrons. The van der Waals surface area contributed by atoms with E-state index in [-0.39, 0.29) is 5.91 Å². The van der Waals surface area contributed by atoms with E-state index in [1.807, 2.05) is 22.4 Å². The van der Waals surface area contributed by atoms with Crippen LogP contribution >= 0.6 is 23.1 Å². The molecule has 0 aliphatic carbocycles. The SMILES string of the molecule is O=C(CSc1ncnc2sccc12)N1CCN(c2ccccc2)CC1. The lowest BCUT2D eigenvalue weighted by molar-refractivity contribution is -0.128. The second-order valence-corrected chi connectivity index (χ2v) is 7.67. The minimum absolute atomic E-state index is 0.180. The van der Waals surface area contributed by atoms with Crippen molar-refractivity contribution in [1.82, 2.24) is 14.9 Å². The average molecular weight is 371 g/mol. The fourth-order valence-corrected chi connectivity index (χ4v) is 4.64. The molecule has 1 amide bonds. The van der Waals surface area contributed by atoms with Crippen molar-refractivity contribution in [3.8, 4) is 0 Å². The van der Waals surface area contributed by atoms with E-state index in [0.29, 0.717) is 5.75 Å². The van der Waals surface area contributed by atoms with Gasteiger partial charge in [-0.1, -0.05) is 30.0 Å². The van der Waals surface area contributed by atoms with Gasteiger partial charge in [-0.15, -0.1) is 11.3 Å². The van der Waals surface area contributed by atoms with Crippen molar-refractivity contribution in [3.05, 3.63) is 48.1 Å². The maximum absolute atomic E-state index is 12.5. The van der Waals surface area contributed by atoms with Gasteiger partial charge in [0.05, 0.1) is 5.75 Å². The molecule has 1 aliphatic heterocycles. The minimum atomic E-state index is 0.180. The summed E-state index contributed by atoms with van der Waals surface area (Å²) in [6.07, 6.45) is 1.57. The van der Waals surface area contributed by atoms with Crippen molar-refractivity contribution < 1.29 is 4.79 Å². The van der Waals surface area contributed by atoms with Crippen LogP contribution in [0.25, 0.3) is 10.2 Å². The maximum atomic E-state index is 12.5. The third-order valence-corrected chi connectivity index (χ3v) is 6.12. The van der Waals surface area contributed by atoms with Crippen LogP contribution in [0.4, 0.5) is 5.69 Å². The van der Waals surface area contributed by atoms with Gasteiger partial charge in [0.1, 0.15) is 16.2 Å². The smallest absolute Gasteiger partial charge is 0.233 e. The number of hydrogen-bond donors (Lipinski definition) is 0. The Kier molecular flexibility index (Phi) is 4.85. The molecular weight excluding hydrogens is 352 g/mol. The summed E-state index contributed by atoms with van der Waals surface area (Å²) in [7, 11) is 0. The molecular formula is C18H18N4OS2. The number of thiophene rings is 1. The van der Waals surface area contributed by atoms with E-state index in [4.69, 9.17) is 0 Å². The van der Waals surface area contributed by atoms with Crippen molar-refractivity contribution >= 4 is 44.9 Å². The van der Waals surface area contributed by atoms with Crippen molar-refractivity contribution in [2.24, 2.45) is 0 Å². The molecule has 7 heteroatoms. The topological polar surface area (TPSA) is 49.3 Å². The second kappa shape index (κ2) is 7.41. The van der Waals surface area contributed by atoms with Gasteiger partial charge in [-0.05, 0) is 23.6 Å². The summed E-state index contributed by atoms with van der Waals surface area (Å²) in [5.74, 6) is 0.604. The summed E-state index contributed by atoms with van der Waals surface area (Å²) >= 11 is 3.10. The molecule has 25 heavy (non-hydrogen) atoms. The van der Waals surface area contributed by atoms with Crippen LogP contribution in [0.1, 0.15) is 0 Å². The highest BCUT2D eigenvalue weighted by atomic mass is 32.2. The predicted molar refractivity (Wildman–Crippen MR) is 103 cm³/mol. The van der Waals surface area contributed by atoms with Crippen LogP contribution in [0.5, 0.6) is 0 Å². The van der Waals surface area contributed by atoms with Gasteiger partial charge in [-0.3, -0.25) is 4.79 Å². The number of hydrogen-bond acceptors (Lipinski definition) is 6. The molecule has 0 unspecified atom stereocenters. The maximum Gasteiger partial charge on any atom is 0.233 e. The number of carbonyl (C=O) groups is 1. The first kappa shape index (κ1) is 16.4. The highest BCUT2D eigenvalue weighted by Crippen LogP contribution is 2.27. The summed E-state index contributed by atoms with van der Waals surface area (Å²) in [5.41, 5.74) is 1.23. The quantitative estimate of drug-likeness (QED) is 0.522. The van der Waals surface area contributed by atoms with E-state index in [9.17, 15) is 4.79 Å². The molecule has 1 fully saturated rings. The van der Waals surface area contributed by atoms with Gasteiger partial charge in [0, 0.05) is 37.3 Å². The molecule has 0 N–H and O–H groups in total. The van der Waals surface area contributed by atoms with Crippen molar-refractivity contribution in [1.29, 1.82) is 0 Å². The summed E-state index contributed by atoms with van der Waals surface area (Å²) < 4.78 is 0. The molecule has 1 saturated heterocycles. The molecule has 3 aromatic rings. The first-order chi connectivity index (χ1) is 12.3. The van der Waals surface area contributed by atoms with Gasteiger partial charge in [0.2, 0.25) is 5.91 Å². The third-order valence-electron chi connectivity index (χ3n) is 4.31. The summed E-state index contributed by atoms with van der Waals surface area (Å²) in [6.45, 7) is 3.29. The van der Waals surface area contributed by atoms with Crippen LogP contribution < -0.4 is 4.90 Å². The Balaban J connectivity index is 1.33. The van der Waals surface area contributed by atoms with Crippen LogP contribution in [0.3, 0.4) is 0 Å². The predicted octanol–water partition coefficient (Wildman–Crippen LogP) is 3.13. The third kappa shape index (κ3) is 3.62. The number of nitrogens with zero attached hydrogens (tertiary/aromatic N) is 4. The van der Waals surface area contributed by atoms with Gasteiger partial charge in [-0.2, -0.15) is 0 Å². The number of rotatable bonds is 4. The van der Waals surface area contributed by atoms with E-state index in [2.05, 4.69) is 39.1 Å². The van der Waals surface area contributed by atoms with E-state index < -0.39 is 0 Å². The fraction of sp³-hybridized carbons (Fsp3) is 0.278. The number of thioether (sulfide) groups is 1. The number of aromatic nitrogens is 2. The highest BCUT2D eigenvalue weighted by Gasteiger charge is 2.21. The van der Waals surface area contributed by atoms with Crippen LogP contribution in [0.15, 0.2) is 53.1 Å². The van der Waals surface area contributed by atoms with E-state index >= 15 is 0 Å².